The van der Waals surface area contributed by atoms with Crippen LogP contribution in [-0.2, 0) is 0 Å². The maximum absolute atomic E-state index is 10.3. The van der Waals surface area contributed by atoms with Crippen molar-refractivity contribution < 1.29 is 9.90 Å². The first-order valence-electron chi connectivity index (χ1n) is 2.89. The van der Waals surface area contributed by atoms with Crippen molar-refractivity contribution in [3.8, 4) is 0 Å². The van der Waals surface area contributed by atoms with E-state index in [2.05, 4.69) is 0 Å². The number of hydrogen-bond donors (Lipinski definition) is 0. The number of aryl methyl sites for hydroxylation is 2. The number of aromatic carboxylic acids is 1. The molecule has 0 fully saturated rings. The molecule has 0 N–H and O–H groups in total. The number of carboxylic acids is 1. The Kier molecular flexibility index (Phi) is 1.76. The molecule has 1 aromatic rings. The third-order valence-corrected chi connectivity index (χ3v) is 2.36. The highest BCUT2D eigenvalue weighted by Gasteiger charge is 2.01. The maximum Gasteiger partial charge on any atom is 0.0818 e. The van der Waals surface area contributed by atoms with Gasteiger partial charge in [-0.15, -0.1) is 11.3 Å². The second-order valence-electron chi connectivity index (χ2n) is 2.16. The summed E-state index contributed by atoms with van der Waals surface area (Å²) < 4.78 is 0. The first kappa shape index (κ1) is 7.28. The summed E-state index contributed by atoms with van der Waals surface area (Å²) in [4.78, 5) is 11.7. The summed E-state index contributed by atoms with van der Waals surface area (Å²) in [6.07, 6.45) is 0. The van der Waals surface area contributed by atoms with Gasteiger partial charge in [-0.2, -0.15) is 0 Å². The molecular formula is C7H7O2S-. The lowest BCUT2D eigenvalue weighted by atomic mass is 10.3. The molecule has 1 heterocycles. The number of carbonyl (C=O) groups excluding carboxylic acids is 1. The van der Waals surface area contributed by atoms with Gasteiger partial charge in [0.2, 0.25) is 0 Å². The average molecular weight is 155 g/mol. The monoisotopic (exact) mass is 155 g/mol. The minimum atomic E-state index is -1.07. The highest BCUT2D eigenvalue weighted by Crippen LogP contribution is 2.19. The van der Waals surface area contributed by atoms with Crippen LogP contribution in [0.3, 0.4) is 0 Å². The Hall–Kier alpha value is -0.830. The minimum absolute atomic E-state index is 0.345. The van der Waals surface area contributed by atoms with Crippen LogP contribution >= 0.6 is 11.3 Å². The lowest BCUT2D eigenvalue weighted by molar-refractivity contribution is -0.254. The van der Waals surface area contributed by atoms with Crippen LogP contribution in [-0.4, -0.2) is 5.97 Å². The molecule has 0 spiro atoms. The highest BCUT2D eigenvalue weighted by atomic mass is 32.1. The van der Waals surface area contributed by atoms with E-state index in [1.807, 2.05) is 13.0 Å². The summed E-state index contributed by atoms with van der Waals surface area (Å²) in [5, 5.41) is 10.3. The average Bonchev–Trinajstić information content (AvgIpc) is 2.10. The van der Waals surface area contributed by atoms with Crippen molar-refractivity contribution in [2.75, 3.05) is 0 Å². The number of hydrogen-bond acceptors (Lipinski definition) is 3. The summed E-state index contributed by atoms with van der Waals surface area (Å²) in [5.74, 6) is -1.07. The van der Waals surface area contributed by atoms with Crippen LogP contribution < -0.4 is 5.11 Å². The molecule has 0 saturated heterocycles. The molecule has 0 unspecified atom stereocenters. The van der Waals surface area contributed by atoms with E-state index in [1.165, 1.54) is 11.3 Å². The Morgan fingerprint density at radius 1 is 1.60 bits per heavy atom. The van der Waals surface area contributed by atoms with Gasteiger partial charge in [0.15, 0.2) is 0 Å². The standard InChI is InChI=1S/C7H8O2S/c1-4-3-5(2)10-6(4)7(8)9/h3H,1-2H3,(H,8,9)/p-1. The van der Waals surface area contributed by atoms with Gasteiger partial charge in [-0.25, -0.2) is 0 Å². The van der Waals surface area contributed by atoms with Crippen LogP contribution in [0.15, 0.2) is 6.07 Å². The molecule has 0 aliphatic heterocycles. The zero-order chi connectivity index (χ0) is 7.72. The molecule has 0 bridgehead atoms. The SMILES string of the molecule is Cc1cc(C)c(C(=O)[O-])s1. The summed E-state index contributed by atoms with van der Waals surface area (Å²) in [6, 6.07) is 1.84. The normalized spacial score (nSPS) is 9.80. The molecule has 54 valence electrons. The largest absolute Gasteiger partial charge is 0.544 e. The van der Waals surface area contributed by atoms with E-state index in [0.29, 0.717) is 4.88 Å². The lowest BCUT2D eigenvalue weighted by Crippen LogP contribution is -2.21. The molecule has 0 atom stereocenters. The van der Waals surface area contributed by atoms with Gasteiger partial charge in [0, 0.05) is 4.88 Å². The molecule has 0 amide bonds. The molecule has 1 rings (SSSR count). The quantitative estimate of drug-likeness (QED) is 0.599. The summed E-state index contributed by atoms with van der Waals surface area (Å²) in [7, 11) is 0. The topological polar surface area (TPSA) is 40.1 Å². The van der Waals surface area contributed by atoms with Gasteiger partial charge in [-0.3, -0.25) is 0 Å². The van der Waals surface area contributed by atoms with Crippen LogP contribution in [0.4, 0.5) is 0 Å². The van der Waals surface area contributed by atoms with Crippen molar-refractivity contribution in [1.29, 1.82) is 0 Å². The predicted octanol–water partition coefficient (Wildman–Crippen LogP) is 0.728. The smallest absolute Gasteiger partial charge is 0.0818 e. The molecule has 2 nitrogen and oxygen atoms in total. The number of carboxylic acid groups (broad SMARTS) is 1. The van der Waals surface area contributed by atoms with Crippen molar-refractivity contribution in [3.63, 3.8) is 0 Å². The van der Waals surface area contributed by atoms with Crippen LogP contribution in [0.25, 0.3) is 0 Å². The number of rotatable bonds is 1. The van der Waals surface area contributed by atoms with Gasteiger partial charge in [0.25, 0.3) is 0 Å². The third kappa shape index (κ3) is 1.19. The highest BCUT2D eigenvalue weighted by molar-refractivity contribution is 7.14. The van der Waals surface area contributed by atoms with Crippen LogP contribution in [0.2, 0.25) is 0 Å². The van der Waals surface area contributed by atoms with E-state index in [0.717, 1.165) is 10.4 Å². The zero-order valence-corrected chi connectivity index (χ0v) is 6.62. The minimum Gasteiger partial charge on any atom is -0.544 e. The first-order valence-corrected chi connectivity index (χ1v) is 3.71. The van der Waals surface area contributed by atoms with Crippen molar-refractivity contribution in [2.45, 2.75) is 13.8 Å². The number of thiophene rings is 1. The zero-order valence-electron chi connectivity index (χ0n) is 5.80. The molecular weight excluding hydrogens is 148 g/mol. The fraction of sp³-hybridized carbons (Fsp3) is 0.286. The second kappa shape index (κ2) is 2.42. The van der Waals surface area contributed by atoms with E-state index in [4.69, 9.17) is 0 Å². The molecule has 1 aromatic heterocycles. The molecule has 0 radical (unpaired) electrons. The van der Waals surface area contributed by atoms with Crippen LogP contribution in [0.1, 0.15) is 20.1 Å². The Balaban J connectivity index is 3.15. The van der Waals surface area contributed by atoms with Gasteiger partial charge in [0.05, 0.1) is 10.8 Å². The van der Waals surface area contributed by atoms with E-state index in [9.17, 15) is 9.90 Å². The Bertz CT molecular complexity index is 263. The van der Waals surface area contributed by atoms with Crippen molar-refractivity contribution >= 4 is 17.3 Å². The fourth-order valence-corrected chi connectivity index (χ4v) is 1.70. The molecule has 10 heavy (non-hydrogen) atoms. The lowest BCUT2D eigenvalue weighted by Gasteiger charge is -1.96. The van der Waals surface area contributed by atoms with Crippen molar-refractivity contribution in [2.24, 2.45) is 0 Å². The van der Waals surface area contributed by atoms with Crippen molar-refractivity contribution in [3.05, 3.63) is 21.4 Å². The second-order valence-corrected chi connectivity index (χ2v) is 3.41. The van der Waals surface area contributed by atoms with Crippen molar-refractivity contribution in [1.82, 2.24) is 0 Å². The maximum atomic E-state index is 10.3. The molecule has 0 aliphatic rings. The Morgan fingerprint density at radius 3 is 2.40 bits per heavy atom. The number of carbonyl (C=O) groups is 1. The van der Waals surface area contributed by atoms with Crippen LogP contribution in [0.5, 0.6) is 0 Å². The summed E-state index contributed by atoms with van der Waals surface area (Å²) in [5.41, 5.74) is 0.794. The van der Waals surface area contributed by atoms with E-state index in [-0.39, 0.29) is 0 Å². The van der Waals surface area contributed by atoms with E-state index < -0.39 is 5.97 Å². The molecule has 0 aliphatic carbocycles. The van der Waals surface area contributed by atoms with Gasteiger partial charge in [-0.05, 0) is 25.5 Å². The van der Waals surface area contributed by atoms with Gasteiger partial charge in [0.1, 0.15) is 0 Å². The predicted molar refractivity (Wildman–Crippen MR) is 38.1 cm³/mol. The molecule has 0 saturated carbocycles. The van der Waals surface area contributed by atoms with E-state index in [1.54, 1.807) is 6.92 Å². The Labute approximate surface area is 63.1 Å². The summed E-state index contributed by atoms with van der Waals surface area (Å²) >= 11 is 1.26. The van der Waals surface area contributed by atoms with E-state index >= 15 is 0 Å². The van der Waals surface area contributed by atoms with Gasteiger partial charge < -0.3 is 9.90 Å². The third-order valence-electron chi connectivity index (χ3n) is 1.23. The van der Waals surface area contributed by atoms with Gasteiger partial charge >= 0.3 is 0 Å². The first-order chi connectivity index (χ1) is 4.61. The molecule has 3 heteroatoms. The molecule has 0 aromatic carbocycles. The fourth-order valence-electron chi connectivity index (χ4n) is 0.844. The Morgan fingerprint density at radius 2 is 2.20 bits per heavy atom. The van der Waals surface area contributed by atoms with Gasteiger partial charge in [-0.1, -0.05) is 0 Å². The van der Waals surface area contributed by atoms with Crippen LogP contribution in [0, 0.1) is 13.8 Å². The summed E-state index contributed by atoms with van der Waals surface area (Å²) in [6.45, 7) is 3.65.